The molecule has 25 heavy (non-hydrogen) atoms. The van der Waals surface area contributed by atoms with Crippen molar-refractivity contribution in [1.29, 1.82) is 0 Å². The molecule has 0 unspecified atom stereocenters. The topological polar surface area (TPSA) is 38.8 Å². The second-order valence-electron chi connectivity index (χ2n) is 5.62. The van der Waals surface area contributed by atoms with Gasteiger partial charge < -0.3 is 14.4 Å². The quantitative estimate of drug-likeness (QED) is 0.747. The van der Waals surface area contributed by atoms with Crippen LogP contribution in [0.15, 0.2) is 48.5 Å². The maximum Gasteiger partial charge on any atom is 0.264 e. The number of carbonyl (C=O) groups excluding carboxylic acids is 1. The molecule has 0 heterocycles. The summed E-state index contributed by atoms with van der Waals surface area (Å²) in [5.74, 6) is 1.09. The third-order valence-electron chi connectivity index (χ3n) is 3.92. The van der Waals surface area contributed by atoms with E-state index in [2.05, 4.69) is 0 Å². The van der Waals surface area contributed by atoms with Gasteiger partial charge in [-0.15, -0.1) is 0 Å². The lowest BCUT2D eigenvalue weighted by Crippen LogP contribution is -2.35. The van der Waals surface area contributed by atoms with Crippen LogP contribution in [-0.2, 0) is 4.79 Å². The summed E-state index contributed by atoms with van der Waals surface area (Å²) in [4.78, 5) is 14.4. The predicted molar refractivity (Wildman–Crippen MR) is 102 cm³/mol. The molecular formula is C21H25NO3. The van der Waals surface area contributed by atoms with Crippen molar-refractivity contribution in [2.24, 2.45) is 0 Å². The average molecular weight is 339 g/mol. The Morgan fingerprint density at radius 3 is 2.56 bits per heavy atom. The first-order valence-electron chi connectivity index (χ1n) is 8.40. The van der Waals surface area contributed by atoms with E-state index in [0.717, 1.165) is 16.8 Å². The molecule has 0 fully saturated rings. The van der Waals surface area contributed by atoms with Crippen LogP contribution in [0.3, 0.4) is 0 Å². The molecule has 2 aromatic rings. The number of benzene rings is 2. The van der Waals surface area contributed by atoms with Gasteiger partial charge in [0, 0.05) is 12.2 Å². The minimum absolute atomic E-state index is 0.0402. The van der Waals surface area contributed by atoms with Crippen LogP contribution in [-0.4, -0.2) is 26.2 Å². The van der Waals surface area contributed by atoms with Crippen molar-refractivity contribution in [2.45, 2.75) is 20.8 Å². The van der Waals surface area contributed by atoms with Crippen LogP contribution in [0, 0.1) is 6.92 Å². The van der Waals surface area contributed by atoms with E-state index < -0.39 is 0 Å². The lowest BCUT2D eigenvalue weighted by Gasteiger charge is -2.23. The summed E-state index contributed by atoms with van der Waals surface area (Å²) >= 11 is 0. The lowest BCUT2D eigenvalue weighted by molar-refractivity contribution is -0.120. The molecule has 0 aromatic heterocycles. The van der Waals surface area contributed by atoms with Gasteiger partial charge in [-0.05, 0) is 50.1 Å². The number of likely N-dealkylation sites (N-methyl/N-ethyl adjacent to an activating group) is 1. The van der Waals surface area contributed by atoms with Gasteiger partial charge in [-0.3, -0.25) is 4.79 Å². The number of aryl methyl sites for hydroxylation is 1. The number of hydrogen-bond acceptors (Lipinski definition) is 3. The SMILES string of the molecule is C/C=C/c1ccc(OCC(=O)N(CC)c2ccccc2C)c(OC)c1. The van der Waals surface area contributed by atoms with Gasteiger partial charge >= 0.3 is 0 Å². The Kier molecular flexibility index (Phi) is 6.63. The molecular weight excluding hydrogens is 314 g/mol. The zero-order chi connectivity index (χ0) is 18.2. The lowest BCUT2D eigenvalue weighted by atomic mass is 10.2. The number of amides is 1. The first-order valence-corrected chi connectivity index (χ1v) is 8.40. The molecule has 0 saturated heterocycles. The predicted octanol–water partition coefficient (Wildman–Crippen LogP) is 4.47. The summed E-state index contributed by atoms with van der Waals surface area (Å²) in [6.07, 6.45) is 3.94. The molecule has 132 valence electrons. The Bertz CT molecular complexity index is 753. The van der Waals surface area contributed by atoms with E-state index in [9.17, 15) is 4.79 Å². The van der Waals surface area contributed by atoms with E-state index in [-0.39, 0.29) is 12.5 Å². The first-order chi connectivity index (χ1) is 12.1. The van der Waals surface area contributed by atoms with Crippen molar-refractivity contribution >= 4 is 17.7 Å². The van der Waals surface area contributed by atoms with Crippen LogP contribution in [0.2, 0.25) is 0 Å². The largest absolute Gasteiger partial charge is 0.493 e. The summed E-state index contributed by atoms with van der Waals surface area (Å²) < 4.78 is 11.1. The minimum Gasteiger partial charge on any atom is -0.493 e. The van der Waals surface area contributed by atoms with Crippen molar-refractivity contribution < 1.29 is 14.3 Å². The highest BCUT2D eigenvalue weighted by molar-refractivity contribution is 5.95. The summed E-state index contributed by atoms with van der Waals surface area (Å²) in [6, 6.07) is 13.5. The summed E-state index contributed by atoms with van der Waals surface area (Å²) in [6.45, 7) is 6.46. The smallest absolute Gasteiger partial charge is 0.264 e. The van der Waals surface area contributed by atoms with E-state index in [0.29, 0.717) is 18.0 Å². The average Bonchev–Trinajstić information content (AvgIpc) is 2.63. The molecule has 4 nitrogen and oxygen atoms in total. The zero-order valence-corrected chi connectivity index (χ0v) is 15.3. The van der Waals surface area contributed by atoms with Gasteiger partial charge in [0.05, 0.1) is 7.11 Å². The van der Waals surface area contributed by atoms with Gasteiger partial charge in [-0.1, -0.05) is 36.4 Å². The van der Waals surface area contributed by atoms with Crippen LogP contribution in [0.4, 0.5) is 5.69 Å². The Morgan fingerprint density at radius 2 is 1.92 bits per heavy atom. The van der Waals surface area contributed by atoms with E-state index >= 15 is 0 Å². The molecule has 0 N–H and O–H groups in total. The second-order valence-corrected chi connectivity index (χ2v) is 5.62. The van der Waals surface area contributed by atoms with Crippen LogP contribution in [0.5, 0.6) is 11.5 Å². The number of rotatable bonds is 7. The molecule has 1 amide bonds. The van der Waals surface area contributed by atoms with Crippen LogP contribution in [0.1, 0.15) is 25.0 Å². The Labute approximate surface area is 149 Å². The number of ether oxygens (including phenoxy) is 2. The summed E-state index contributed by atoms with van der Waals surface area (Å²) in [7, 11) is 1.59. The van der Waals surface area contributed by atoms with E-state index in [1.165, 1.54) is 0 Å². The van der Waals surface area contributed by atoms with Gasteiger partial charge in [-0.2, -0.15) is 0 Å². The highest BCUT2D eigenvalue weighted by Crippen LogP contribution is 2.29. The molecule has 0 aliphatic heterocycles. The normalized spacial score (nSPS) is 10.7. The van der Waals surface area contributed by atoms with Crippen molar-refractivity contribution in [3.63, 3.8) is 0 Å². The standard InChI is InChI=1S/C21H25NO3/c1-5-9-17-12-13-19(20(14-17)24-4)25-15-21(23)22(6-2)18-11-8-7-10-16(18)3/h5,7-14H,6,15H2,1-4H3/b9-5+. The number of nitrogens with zero attached hydrogens (tertiary/aromatic N) is 1. The van der Waals surface area contributed by atoms with E-state index in [1.54, 1.807) is 12.0 Å². The zero-order valence-electron chi connectivity index (χ0n) is 15.3. The molecule has 2 aromatic carbocycles. The molecule has 0 radical (unpaired) electrons. The number of hydrogen-bond donors (Lipinski definition) is 0. The van der Waals surface area contributed by atoms with E-state index in [1.807, 2.05) is 75.4 Å². The monoisotopic (exact) mass is 339 g/mol. The fourth-order valence-corrected chi connectivity index (χ4v) is 2.66. The van der Waals surface area contributed by atoms with Crippen molar-refractivity contribution in [3.8, 4) is 11.5 Å². The number of methoxy groups -OCH3 is 1. The maximum absolute atomic E-state index is 12.6. The number of para-hydroxylation sites is 1. The van der Waals surface area contributed by atoms with Crippen LogP contribution >= 0.6 is 0 Å². The highest BCUT2D eigenvalue weighted by atomic mass is 16.5. The molecule has 0 atom stereocenters. The third kappa shape index (κ3) is 4.63. The third-order valence-corrected chi connectivity index (χ3v) is 3.92. The molecule has 2 rings (SSSR count). The molecule has 0 spiro atoms. The fraction of sp³-hybridized carbons (Fsp3) is 0.286. The van der Waals surface area contributed by atoms with Gasteiger partial charge in [0.2, 0.25) is 0 Å². The summed E-state index contributed by atoms with van der Waals surface area (Å²) in [5, 5.41) is 0. The van der Waals surface area contributed by atoms with Crippen LogP contribution < -0.4 is 14.4 Å². The Hall–Kier alpha value is -2.75. The van der Waals surface area contributed by atoms with Gasteiger partial charge in [0.25, 0.3) is 5.91 Å². The molecule has 0 aliphatic rings. The van der Waals surface area contributed by atoms with E-state index in [4.69, 9.17) is 9.47 Å². The number of carbonyl (C=O) groups is 1. The first kappa shape index (κ1) is 18.6. The Morgan fingerprint density at radius 1 is 1.16 bits per heavy atom. The van der Waals surface area contributed by atoms with Crippen molar-refractivity contribution in [3.05, 3.63) is 59.7 Å². The van der Waals surface area contributed by atoms with Gasteiger partial charge in [-0.25, -0.2) is 0 Å². The van der Waals surface area contributed by atoms with Gasteiger partial charge in [0.1, 0.15) is 0 Å². The molecule has 0 bridgehead atoms. The highest BCUT2D eigenvalue weighted by Gasteiger charge is 2.17. The Balaban J connectivity index is 2.12. The molecule has 4 heteroatoms. The van der Waals surface area contributed by atoms with Gasteiger partial charge in [0.15, 0.2) is 18.1 Å². The number of anilines is 1. The fourth-order valence-electron chi connectivity index (χ4n) is 2.66. The van der Waals surface area contributed by atoms with Crippen molar-refractivity contribution in [2.75, 3.05) is 25.2 Å². The molecule has 0 aliphatic carbocycles. The van der Waals surface area contributed by atoms with Crippen LogP contribution in [0.25, 0.3) is 6.08 Å². The maximum atomic E-state index is 12.6. The van der Waals surface area contributed by atoms with Crippen molar-refractivity contribution in [1.82, 2.24) is 0 Å². The summed E-state index contributed by atoms with van der Waals surface area (Å²) in [5.41, 5.74) is 2.99. The number of allylic oxidation sites excluding steroid dienone is 1. The second kappa shape index (κ2) is 8.92. The minimum atomic E-state index is -0.0867. The molecule has 0 saturated carbocycles.